The molecule has 1 aromatic carbocycles. The summed E-state index contributed by atoms with van der Waals surface area (Å²) in [5.41, 5.74) is 0.750. The van der Waals surface area contributed by atoms with Crippen LogP contribution in [0.4, 0.5) is 4.79 Å². The SMILES string of the molecule is CC(C)c1ccc(C2(C)NC(=O)N(CC(=O)NC3CCCCCCC3)C2=O)cc1. The molecule has 2 aliphatic rings. The van der Waals surface area contributed by atoms with E-state index in [-0.39, 0.29) is 24.4 Å². The predicted molar refractivity (Wildman–Crippen MR) is 112 cm³/mol. The Balaban J connectivity index is 1.65. The predicted octanol–water partition coefficient (Wildman–Crippen LogP) is 3.81. The van der Waals surface area contributed by atoms with Crippen molar-refractivity contribution >= 4 is 17.8 Å². The molecule has 1 aliphatic heterocycles. The van der Waals surface area contributed by atoms with E-state index in [9.17, 15) is 14.4 Å². The molecule has 29 heavy (non-hydrogen) atoms. The molecule has 2 fully saturated rings. The fourth-order valence-corrected chi connectivity index (χ4v) is 4.25. The van der Waals surface area contributed by atoms with Crippen LogP contribution in [0.15, 0.2) is 24.3 Å². The fraction of sp³-hybridized carbons (Fsp3) is 0.609. The lowest BCUT2D eigenvalue weighted by atomic mass is 9.90. The highest BCUT2D eigenvalue weighted by Crippen LogP contribution is 2.30. The van der Waals surface area contributed by atoms with Gasteiger partial charge in [-0.3, -0.25) is 14.5 Å². The van der Waals surface area contributed by atoms with Crippen molar-refractivity contribution in [3.63, 3.8) is 0 Å². The first-order valence-electron chi connectivity index (χ1n) is 10.8. The molecule has 2 N–H and O–H groups in total. The van der Waals surface area contributed by atoms with Crippen LogP contribution in [-0.2, 0) is 15.1 Å². The lowest BCUT2D eigenvalue weighted by molar-refractivity contribution is -0.135. The van der Waals surface area contributed by atoms with Gasteiger partial charge in [0.15, 0.2) is 0 Å². The summed E-state index contributed by atoms with van der Waals surface area (Å²) in [4.78, 5) is 39.1. The average molecular weight is 400 g/mol. The first kappa shape index (κ1) is 21.3. The maximum atomic E-state index is 13.0. The van der Waals surface area contributed by atoms with Crippen LogP contribution in [0.2, 0.25) is 0 Å². The van der Waals surface area contributed by atoms with Gasteiger partial charge in [-0.25, -0.2) is 4.79 Å². The zero-order valence-corrected chi connectivity index (χ0v) is 17.8. The van der Waals surface area contributed by atoms with Crippen LogP contribution in [0.5, 0.6) is 0 Å². The van der Waals surface area contributed by atoms with Crippen molar-refractivity contribution in [3.05, 3.63) is 35.4 Å². The number of nitrogens with zero attached hydrogens (tertiary/aromatic N) is 1. The van der Waals surface area contributed by atoms with Crippen LogP contribution in [0.25, 0.3) is 0 Å². The highest BCUT2D eigenvalue weighted by molar-refractivity contribution is 6.09. The number of urea groups is 1. The summed E-state index contributed by atoms with van der Waals surface area (Å²) in [6.45, 7) is 5.68. The van der Waals surface area contributed by atoms with Crippen molar-refractivity contribution in [2.45, 2.75) is 83.2 Å². The van der Waals surface area contributed by atoms with Crippen LogP contribution in [0.3, 0.4) is 0 Å². The van der Waals surface area contributed by atoms with Gasteiger partial charge in [-0.1, -0.05) is 70.2 Å². The van der Waals surface area contributed by atoms with Gasteiger partial charge in [0.05, 0.1) is 0 Å². The molecule has 0 bridgehead atoms. The van der Waals surface area contributed by atoms with Gasteiger partial charge < -0.3 is 10.6 Å². The molecule has 1 aromatic rings. The second-order valence-electron chi connectivity index (χ2n) is 8.83. The van der Waals surface area contributed by atoms with E-state index < -0.39 is 11.6 Å². The standard InChI is InChI=1S/C23H33N3O3/c1-16(2)17-11-13-18(14-12-17)23(3)21(28)26(22(29)25-23)15-20(27)24-19-9-7-5-4-6-8-10-19/h11-14,16,19H,4-10,15H2,1-3H3,(H,24,27)(H,25,29). The van der Waals surface area contributed by atoms with E-state index in [1.807, 2.05) is 24.3 Å². The van der Waals surface area contributed by atoms with E-state index in [1.165, 1.54) is 24.8 Å². The molecule has 3 rings (SSSR count). The third-order valence-electron chi connectivity index (χ3n) is 6.20. The van der Waals surface area contributed by atoms with Gasteiger partial charge in [-0.15, -0.1) is 0 Å². The number of amides is 4. The molecule has 1 saturated heterocycles. The van der Waals surface area contributed by atoms with Crippen molar-refractivity contribution in [2.75, 3.05) is 6.54 Å². The van der Waals surface area contributed by atoms with Crippen LogP contribution < -0.4 is 10.6 Å². The minimum atomic E-state index is -1.15. The topological polar surface area (TPSA) is 78.5 Å². The normalized spacial score (nSPS) is 23.7. The zero-order valence-electron chi connectivity index (χ0n) is 17.8. The van der Waals surface area contributed by atoms with E-state index in [0.717, 1.165) is 36.1 Å². The summed E-state index contributed by atoms with van der Waals surface area (Å²) < 4.78 is 0. The Hall–Kier alpha value is -2.37. The van der Waals surface area contributed by atoms with Crippen molar-refractivity contribution in [2.24, 2.45) is 0 Å². The Morgan fingerprint density at radius 1 is 1.10 bits per heavy atom. The highest BCUT2D eigenvalue weighted by Gasteiger charge is 2.49. The molecule has 1 saturated carbocycles. The summed E-state index contributed by atoms with van der Waals surface area (Å²) >= 11 is 0. The number of carbonyl (C=O) groups excluding carboxylic acids is 3. The molecule has 1 atom stereocenters. The van der Waals surface area contributed by atoms with E-state index in [4.69, 9.17) is 0 Å². The van der Waals surface area contributed by atoms with E-state index in [1.54, 1.807) is 6.92 Å². The third-order valence-corrected chi connectivity index (χ3v) is 6.20. The first-order chi connectivity index (χ1) is 13.8. The third kappa shape index (κ3) is 4.80. The minimum Gasteiger partial charge on any atom is -0.352 e. The van der Waals surface area contributed by atoms with Crippen molar-refractivity contribution in [1.82, 2.24) is 15.5 Å². The Kier molecular flexibility index (Phi) is 6.60. The van der Waals surface area contributed by atoms with E-state index >= 15 is 0 Å². The number of hydrogen-bond acceptors (Lipinski definition) is 3. The molecule has 1 unspecified atom stereocenters. The van der Waals surface area contributed by atoms with Crippen molar-refractivity contribution < 1.29 is 14.4 Å². The van der Waals surface area contributed by atoms with Crippen LogP contribution in [-0.4, -0.2) is 35.3 Å². The molecule has 4 amide bonds. The molecule has 0 spiro atoms. The number of hydrogen-bond donors (Lipinski definition) is 2. The Morgan fingerprint density at radius 2 is 1.69 bits per heavy atom. The Labute approximate surface area is 173 Å². The molecule has 6 nitrogen and oxygen atoms in total. The molecular weight excluding hydrogens is 366 g/mol. The summed E-state index contributed by atoms with van der Waals surface area (Å²) in [5.74, 6) is -0.259. The fourth-order valence-electron chi connectivity index (χ4n) is 4.25. The summed E-state index contributed by atoms with van der Waals surface area (Å²) in [6.07, 6.45) is 7.81. The zero-order chi connectivity index (χ0) is 21.0. The van der Waals surface area contributed by atoms with Gasteiger partial charge in [0.25, 0.3) is 5.91 Å². The van der Waals surface area contributed by atoms with Crippen LogP contribution in [0, 0.1) is 0 Å². The molecule has 1 aliphatic carbocycles. The monoisotopic (exact) mass is 399 g/mol. The molecule has 6 heteroatoms. The molecular formula is C23H33N3O3. The molecule has 158 valence electrons. The second-order valence-corrected chi connectivity index (χ2v) is 8.83. The van der Waals surface area contributed by atoms with Gasteiger partial charge in [-0.05, 0) is 36.8 Å². The molecule has 0 aromatic heterocycles. The Bertz CT molecular complexity index is 751. The number of imide groups is 1. The van der Waals surface area contributed by atoms with Crippen LogP contribution >= 0.6 is 0 Å². The lowest BCUT2D eigenvalue weighted by Gasteiger charge is -2.24. The van der Waals surface area contributed by atoms with Crippen LogP contribution in [0.1, 0.15) is 82.8 Å². The van der Waals surface area contributed by atoms with Gasteiger partial charge >= 0.3 is 6.03 Å². The van der Waals surface area contributed by atoms with E-state index in [0.29, 0.717) is 5.92 Å². The quantitative estimate of drug-likeness (QED) is 0.739. The highest BCUT2D eigenvalue weighted by atomic mass is 16.2. The van der Waals surface area contributed by atoms with Gasteiger partial charge in [-0.2, -0.15) is 0 Å². The molecule has 1 heterocycles. The maximum Gasteiger partial charge on any atom is 0.325 e. The molecule has 0 radical (unpaired) electrons. The minimum absolute atomic E-state index is 0.138. The maximum absolute atomic E-state index is 13.0. The van der Waals surface area contributed by atoms with Gasteiger partial charge in [0, 0.05) is 6.04 Å². The largest absolute Gasteiger partial charge is 0.352 e. The Morgan fingerprint density at radius 3 is 2.28 bits per heavy atom. The summed E-state index contributed by atoms with van der Waals surface area (Å²) in [7, 11) is 0. The summed E-state index contributed by atoms with van der Waals surface area (Å²) in [5, 5.41) is 5.81. The van der Waals surface area contributed by atoms with Crippen molar-refractivity contribution in [3.8, 4) is 0 Å². The van der Waals surface area contributed by atoms with E-state index in [2.05, 4.69) is 24.5 Å². The average Bonchev–Trinajstić information content (AvgIpc) is 2.88. The first-order valence-corrected chi connectivity index (χ1v) is 10.8. The smallest absolute Gasteiger partial charge is 0.325 e. The second kappa shape index (κ2) is 8.97. The number of rotatable bonds is 5. The van der Waals surface area contributed by atoms with Gasteiger partial charge in [0.1, 0.15) is 12.1 Å². The van der Waals surface area contributed by atoms with Gasteiger partial charge in [0.2, 0.25) is 5.91 Å². The number of nitrogens with one attached hydrogen (secondary N) is 2. The number of benzene rings is 1. The summed E-state index contributed by atoms with van der Waals surface area (Å²) in [6, 6.07) is 7.34. The lowest BCUT2D eigenvalue weighted by Crippen LogP contribution is -2.45. The number of carbonyl (C=O) groups is 3. The van der Waals surface area contributed by atoms with Crippen molar-refractivity contribution in [1.29, 1.82) is 0 Å².